The molecule has 4 rings (SSSR count). The number of hydrogen-bond acceptors (Lipinski definition) is 4. The summed E-state index contributed by atoms with van der Waals surface area (Å²) in [4.78, 5) is 15.0. The van der Waals surface area contributed by atoms with Gasteiger partial charge in [-0.25, -0.2) is 0 Å². The number of nitrogens with zero attached hydrogens (tertiary/aromatic N) is 1. The summed E-state index contributed by atoms with van der Waals surface area (Å²) in [6.45, 7) is 2.43. The Kier molecular flexibility index (Phi) is 6.17. The molecule has 0 aromatic heterocycles. The van der Waals surface area contributed by atoms with E-state index in [0.29, 0.717) is 25.3 Å². The van der Waals surface area contributed by atoms with Crippen molar-refractivity contribution in [2.75, 3.05) is 19.9 Å². The molecule has 1 heterocycles. The third-order valence-electron chi connectivity index (χ3n) is 6.32. The molecule has 2 fully saturated rings. The molecule has 0 saturated heterocycles. The van der Waals surface area contributed by atoms with Crippen LogP contribution in [-0.4, -0.2) is 36.7 Å². The van der Waals surface area contributed by atoms with Crippen LogP contribution in [0.15, 0.2) is 18.2 Å². The van der Waals surface area contributed by atoms with Gasteiger partial charge in [-0.1, -0.05) is 38.2 Å². The van der Waals surface area contributed by atoms with E-state index in [-0.39, 0.29) is 5.91 Å². The van der Waals surface area contributed by atoms with Crippen molar-refractivity contribution in [2.24, 2.45) is 5.92 Å². The Hall–Kier alpha value is -1.75. The van der Waals surface area contributed by atoms with Crippen LogP contribution in [-0.2, 0) is 11.3 Å². The van der Waals surface area contributed by atoms with Crippen molar-refractivity contribution in [3.63, 3.8) is 0 Å². The molecule has 0 radical (unpaired) electrons. The molecule has 2 aliphatic carbocycles. The van der Waals surface area contributed by atoms with Crippen molar-refractivity contribution in [1.29, 1.82) is 0 Å². The van der Waals surface area contributed by atoms with E-state index in [1.807, 2.05) is 6.07 Å². The maximum atomic E-state index is 12.6. The van der Waals surface area contributed by atoms with Crippen LogP contribution in [0.3, 0.4) is 0 Å². The minimum absolute atomic E-state index is 0.174. The standard InChI is InChI=1S/C22H32N2O3/c25-22(23-13-17-6-2-1-3-7-17)15-24(19-8-4-5-9-19)14-18-10-11-20-21(12-18)27-16-26-20/h10-12,17,19H,1-9,13-16H2,(H,23,25). The summed E-state index contributed by atoms with van der Waals surface area (Å²) in [6, 6.07) is 6.64. The van der Waals surface area contributed by atoms with Gasteiger partial charge < -0.3 is 14.8 Å². The lowest BCUT2D eigenvalue weighted by Crippen LogP contribution is -2.42. The highest BCUT2D eigenvalue weighted by molar-refractivity contribution is 5.78. The molecule has 1 amide bonds. The van der Waals surface area contributed by atoms with Crippen LogP contribution in [0.1, 0.15) is 63.4 Å². The number of amides is 1. The zero-order valence-corrected chi connectivity index (χ0v) is 16.3. The normalized spacial score (nSPS) is 20.3. The summed E-state index contributed by atoms with van der Waals surface area (Å²) >= 11 is 0. The summed E-state index contributed by atoms with van der Waals surface area (Å²) in [5.74, 6) is 2.49. The Labute approximate surface area is 162 Å². The molecule has 1 aromatic carbocycles. The maximum absolute atomic E-state index is 12.6. The first-order valence-corrected chi connectivity index (χ1v) is 10.7. The van der Waals surface area contributed by atoms with E-state index in [2.05, 4.69) is 22.3 Å². The van der Waals surface area contributed by atoms with Gasteiger partial charge in [0.1, 0.15) is 0 Å². The molecule has 5 nitrogen and oxygen atoms in total. The molecular weight excluding hydrogens is 340 g/mol. The van der Waals surface area contributed by atoms with Gasteiger partial charge in [-0.2, -0.15) is 0 Å². The molecule has 0 spiro atoms. The number of benzene rings is 1. The van der Waals surface area contributed by atoms with E-state index in [9.17, 15) is 4.79 Å². The highest BCUT2D eigenvalue weighted by Crippen LogP contribution is 2.33. The first-order valence-electron chi connectivity index (χ1n) is 10.7. The second-order valence-electron chi connectivity index (χ2n) is 8.34. The summed E-state index contributed by atoms with van der Waals surface area (Å²) < 4.78 is 10.9. The predicted octanol–water partition coefficient (Wildman–Crippen LogP) is 3.86. The van der Waals surface area contributed by atoms with Crippen LogP contribution in [0, 0.1) is 5.92 Å². The smallest absolute Gasteiger partial charge is 0.234 e. The number of nitrogens with one attached hydrogen (secondary N) is 1. The average molecular weight is 373 g/mol. The molecule has 5 heteroatoms. The predicted molar refractivity (Wildman–Crippen MR) is 105 cm³/mol. The van der Waals surface area contributed by atoms with Gasteiger partial charge in [-0.05, 0) is 49.3 Å². The molecule has 0 unspecified atom stereocenters. The molecule has 1 N–H and O–H groups in total. The monoisotopic (exact) mass is 372 g/mol. The minimum Gasteiger partial charge on any atom is -0.454 e. The summed E-state index contributed by atoms with van der Waals surface area (Å²) in [5, 5.41) is 3.21. The van der Waals surface area contributed by atoms with Gasteiger partial charge in [0.2, 0.25) is 12.7 Å². The average Bonchev–Trinajstić information content (AvgIpc) is 3.38. The van der Waals surface area contributed by atoms with Crippen LogP contribution >= 0.6 is 0 Å². The molecule has 1 aliphatic heterocycles. The van der Waals surface area contributed by atoms with Crippen molar-refractivity contribution in [3.05, 3.63) is 23.8 Å². The first-order chi connectivity index (χ1) is 13.3. The number of carbonyl (C=O) groups excluding carboxylic acids is 1. The SMILES string of the molecule is O=C(CN(Cc1ccc2c(c1)OCO2)C1CCCC1)NCC1CCCCC1. The first kappa shape index (κ1) is 18.6. The van der Waals surface area contributed by atoms with Crippen LogP contribution in [0.2, 0.25) is 0 Å². The minimum atomic E-state index is 0.174. The number of hydrogen-bond donors (Lipinski definition) is 1. The van der Waals surface area contributed by atoms with Crippen molar-refractivity contribution in [2.45, 2.75) is 70.4 Å². The summed E-state index contributed by atoms with van der Waals surface area (Å²) in [7, 11) is 0. The van der Waals surface area contributed by atoms with Gasteiger partial charge in [0.15, 0.2) is 11.5 Å². The second kappa shape index (κ2) is 8.96. The van der Waals surface area contributed by atoms with Crippen molar-refractivity contribution in [1.82, 2.24) is 10.2 Å². The molecule has 3 aliphatic rings. The Balaban J connectivity index is 1.34. The zero-order valence-electron chi connectivity index (χ0n) is 16.3. The molecular formula is C22H32N2O3. The van der Waals surface area contributed by atoms with Crippen LogP contribution in [0.5, 0.6) is 11.5 Å². The molecule has 148 valence electrons. The van der Waals surface area contributed by atoms with Gasteiger partial charge in [0.05, 0.1) is 6.54 Å². The Morgan fingerprint density at radius 3 is 2.56 bits per heavy atom. The molecule has 0 atom stereocenters. The Morgan fingerprint density at radius 1 is 1.00 bits per heavy atom. The quantitative estimate of drug-likeness (QED) is 0.790. The van der Waals surface area contributed by atoms with Crippen LogP contribution in [0.25, 0.3) is 0 Å². The zero-order chi connectivity index (χ0) is 18.5. The lowest BCUT2D eigenvalue weighted by molar-refractivity contribution is -0.123. The largest absolute Gasteiger partial charge is 0.454 e. The van der Waals surface area contributed by atoms with Gasteiger partial charge in [0.25, 0.3) is 0 Å². The Bertz CT molecular complexity index is 636. The fourth-order valence-electron chi connectivity index (χ4n) is 4.75. The van der Waals surface area contributed by atoms with Gasteiger partial charge in [-0.3, -0.25) is 9.69 Å². The highest BCUT2D eigenvalue weighted by atomic mass is 16.7. The molecule has 0 bridgehead atoms. The lowest BCUT2D eigenvalue weighted by atomic mass is 9.89. The number of carbonyl (C=O) groups is 1. The second-order valence-corrected chi connectivity index (χ2v) is 8.34. The van der Waals surface area contributed by atoms with Crippen molar-refractivity contribution in [3.8, 4) is 11.5 Å². The fourth-order valence-corrected chi connectivity index (χ4v) is 4.75. The van der Waals surface area contributed by atoms with E-state index in [0.717, 1.165) is 24.6 Å². The van der Waals surface area contributed by atoms with Crippen LogP contribution in [0.4, 0.5) is 0 Å². The van der Waals surface area contributed by atoms with Gasteiger partial charge in [-0.15, -0.1) is 0 Å². The van der Waals surface area contributed by atoms with E-state index in [1.54, 1.807) is 0 Å². The van der Waals surface area contributed by atoms with Gasteiger partial charge in [0, 0.05) is 19.1 Å². The van der Waals surface area contributed by atoms with E-state index in [1.165, 1.54) is 63.4 Å². The third-order valence-corrected chi connectivity index (χ3v) is 6.32. The lowest BCUT2D eigenvalue weighted by Gasteiger charge is -2.29. The summed E-state index contributed by atoms with van der Waals surface area (Å²) in [6.07, 6.45) is 11.5. The summed E-state index contributed by atoms with van der Waals surface area (Å²) in [5.41, 5.74) is 1.19. The number of rotatable bonds is 7. The van der Waals surface area contributed by atoms with E-state index in [4.69, 9.17) is 9.47 Å². The van der Waals surface area contributed by atoms with Crippen molar-refractivity contribution >= 4 is 5.91 Å². The van der Waals surface area contributed by atoms with Crippen LogP contribution < -0.4 is 14.8 Å². The molecule has 2 saturated carbocycles. The maximum Gasteiger partial charge on any atom is 0.234 e. The highest BCUT2D eigenvalue weighted by Gasteiger charge is 2.25. The fraction of sp³-hybridized carbons (Fsp3) is 0.682. The van der Waals surface area contributed by atoms with Gasteiger partial charge >= 0.3 is 0 Å². The Morgan fingerprint density at radius 2 is 1.74 bits per heavy atom. The molecule has 27 heavy (non-hydrogen) atoms. The van der Waals surface area contributed by atoms with E-state index >= 15 is 0 Å². The number of fused-ring (bicyclic) bond motifs is 1. The van der Waals surface area contributed by atoms with E-state index < -0.39 is 0 Å². The molecule has 1 aromatic rings. The third kappa shape index (κ3) is 4.95. The topological polar surface area (TPSA) is 50.8 Å². The number of ether oxygens (including phenoxy) is 2. The van der Waals surface area contributed by atoms with Crippen molar-refractivity contribution < 1.29 is 14.3 Å².